The zero-order chi connectivity index (χ0) is 12.1. The Morgan fingerprint density at radius 1 is 1.24 bits per heavy atom. The molecular weight excluding hydrogens is 216 g/mol. The van der Waals surface area contributed by atoms with Crippen molar-refractivity contribution in [2.45, 2.75) is 18.8 Å². The van der Waals surface area contributed by atoms with Crippen LogP contribution in [-0.2, 0) is 9.53 Å². The second-order valence-corrected chi connectivity index (χ2v) is 3.92. The summed E-state index contributed by atoms with van der Waals surface area (Å²) in [6.45, 7) is 0. The van der Waals surface area contributed by atoms with Gasteiger partial charge in [0.2, 0.25) is 0 Å². The summed E-state index contributed by atoms with van der Waals surface area (Å²) in [7, 11) is 1.42. The van der Waals surface area contributed by atoms with Gasteiger partial charge in [-0.15, -0.1) is 0 Å². The van der Waals surface area contributed by atoms with E-state index in [0.717, 1.165) is 17.8 Å². The van der Waals surface area contributed by atoms with Gasteiger partial charge in [-0.05, 0) is 30.7 Å². The fourth-order valence-corrected chi connectivity index (χ4v) is 1.96. The van der Waals surface area contributed by atoms with Crippen LogP contribution < -0.4 is 0 Å². The summed E-state index contributed by atoms with van der Waals surface area (Å²) in [6, 6.07) is 7.98. The molecule has 0 bridgehead atoms. The summed E-state index contributed by atoms with van der Waals surface area (Å²) in [6.07, 6.45) is 4.93. The maximum atomic E-state index is 11.2. The first kappa shape index (κ1) is 11.5. The topological polar surface area (TPSA) is 57.9 Å². The predicted molar refractivity (Wildman–Crippen MR) is 64.7 cm³/mol. The Labute approximate surface area is 100 Å². The van der Waals surface area contributed by atoms with Gasteiger partial charge < -0.3 is 14.7 Å². The summed E-state index contributed by atoms with van der Waals surface area (Å²) in [4.78, 5) is 17.6. The molecule has 17 heavy (non-hydrogen) atoms. The van der Waals surface area contributed by atoms with Gasteiger partial charge in [-0.1, -0.05) is 0 Å². The molecule has 4 nitrogen and oxygen atoms in total. The van der Waals surface area contributed by atoms with Gasteiger partial charge in [0.05, 0.1) is 7.11 Å². The number of aromatic amines is 2. The number of rotatable bonds is 5. The number of carbonyl (C=O) groups excluding carboxylic acids is 1. The highest BCUT2D eigenvalue weighted by Crippen LogP contribution is 2.26. The van der Waals surface area contributed by atoms with Crippen molar-refractivity contribution < 1.29 is 9.53 Å². The number of nitrogens with one attached hydrogen (secondary N) is 2. The monoisotopic (exact) mass is 232 g/mol. The molecule has 0 atom stereocenters. The van der Waals surface area contributed by atoms with Gasteiger partial charge in [0, 0.05) is 36.1 Å². The molecule has 0 radical (unpaired) electrons. The maximum Gasteiger partial charge on any atom is 0.305 e. The number of ether oxygens (including phenoxy) is 1. The van der Waals surface area contributed by atoms with Gasteiger partial charge in [0.1, 0.15) is 0 Å². The lowest BCUT2D eigenvalue weighted by Crippen LogP contribution is -2.07. The molecule has 0 amide bonds. The quantitative estimate of drug-likeness (QED) is 0.778. The molecule has 2 aromatic heterocycles. The minimum Gasteiger partial charge on any atom is -0.469 e. The molecule has 0 aliphatic heterocycles. The van der Waals surface area contributed by atoms with E-state index in [1.165, 1.54) is 7.11 Å². The summed E-state index contributed by atoms with van der Waals surface area (Å²) in [5.74, 6) is 0.00668. The third-order valence-electron chi connectivity index (χ3n) is 2.86. The molecule has 2 N–H and O–H groups in total. The Balaban J connectivity index is 2.11. The van der Waals surface area contributed by atoms with E-state index in [2.05, 4.69) is 14.7 Å². The Kier molecular flexibility index (Phi) is 3.65. The van der Waals surface area contributed by atoms with Crippen molar-refractivity contribution in [2.75, 3.05) is 7.11 Å². The van der Waals surface area contributed by atoms with E-state index in [9.17, 15) is 4.79 Å². The van der Waals surface area contributed by atoms with Crippen LogP contribution in [0.3, 0.4) is 0 Å². The van der Waals surface area contributed by atoms with E-state index in [0.29, 0.717) is 6.42 Å². The van der Waals surface area contributed by atoms with Crippen molar-refractivity contribution in [3.63, 3.8) is 0 Å². The van der Waals surface area contributed by atoms with Crippen LogP contribution in [0.2, 0.25) is 0 Å². The van der Waals surface area contributed by atoms with Gasteiger partial charge in [0.15, 0.2) is 0 Å². The first-order chi connectivity index (χ1) is 8.31. The molecule has 2 aromatic rings. The normalized spacial score (nSPS) is 10.7. The lowest BCUT2D eigenvalue weighted by atomic mass is 9.96. The lowest BCUT2D eigenvalue weighted by molar-refractivity contribution is -0.140. The highest BCUT2D eigenvalue weighted by Gasteiger charge is 2.17. The van der Waals surface area contributed by atoms with Crippen LogP contribution in [0, 0.1) is 0 Å². The van der Waals surface area contributed by atoms with Crippen LogP contribution >= 0.6 is 0 Å². The minimum atomic E-state index is -0.173. The smallest absolute Gasteiger partial charge is 0.305 e. The minimum absolute atomic E-state index is 0.173. The standard InChI is InChI=1S/C13H16N2O2/c1-17-13(16)7-6-10(11-4-2-8-14-11)12-5-3-9-15-12/h2-5,8-10,14-15H,6-7H2,1H3. The Hall–Kier alpha value is -1.97. The molecule has 4 heteroatoms. The number of H-pyrrole nitrogens is 2. The van der Waals surface area contributed by atoms with Gasteiger partial charge >= 0.3 is 5.97 Å². The van der Waals surface area contributed by atoms with Crippen LogP contribution in [0.4, 0.5) is 0 Å². The van der Waals surface area contributed by atoms with E-state index in [1.54, 1.807) is 0 Å². The first-order valence-corrected chi connectivity index (χ1v) is 5.64. The summed E-state index contributed by atoms with van der Waals surface area (Å²) in [5, 5.41) is 0. The molecule has 90 valence electrons. The van der Waals surface area contributed by atoms with E-state index < -0.39 is 0 Å². The fourth-order valence-electron chi connectivity index (χ4n) is 1.96. The first-order valence-electron chi connectivity index (χ1n) is 5.64. The number of hydrogen-bond acceptors (Lipinski definition) is 2. The highest BCUT2D eigenvalue weighted by molar-refractivity contribution is 5.69. The van der Waals surface area contributed by atoms with Crippen LogP contribution in [0.1, 0.15) is 30.1 Å². The number of aromatic nitrogens is 2. The average Bonchev–Trinajstić information content (AvgIpc) is 3.01. The zero-order valence-corrected chi connectivity index (χ0v) is 9.77. The Morgan fingerprint density at radius 3 is 2.24 bits per heavy atom. The number of carbonyl (C=O) groups is 1. The Bertz CT molecular complexity index is 411. The third kappa shape index (κ3) is 2.78. The SMILES string of the molecule is COC(=O)CCC(c1ccc[nH]1)c1ccc[nH]1. The molecule has 0 saturated heterocycles. The second kappa shape index (κ2) is 5.39. The van der Waals surface area contributed by atoms with Gasteiger partial charge in [0.25, 0.3) is 0 Å². The zero-order valence-electron chi connectivity index (χ0n) is 9.77. The predicted octanol–water partition coefficient (Wildman–Crippen LogP) is 2.43. The van der Waals surface area contributed by atoms with Crippen molar-refractivity contribution in [3.05, 3.63) is 48.0 Å². The molecule has 0 aliphatic rings. The average molecular weight is 232 g/mol. The van der Waals surface area contributed by atoms with Gasteiger partial charge in [-0.25, -0.2) is 0 Å². The maximum absolute atomic E-state index is 11.2. The van der Waals surface area contributed by atoms with Crippen LogP contribution in [0.25, 0.3) is 0 Å². The summed E-state index contributed by atoms with van der Waals surface area (Å²) in [5.41, 5.74) is 2.22. The second-order valence-electron chi connectivity index (χ2n) is 3.92. The molecule has 0 aromatic carbocycles. The molecule has 0 fully saturated rings. The summed E-state index contributed by atoms with van der Waals surface area (Å²) >= 11 is 0. The number of hydrogen-bond donors (Lipinski definition) is 2. The van der Waals surface area contributed by atoms with Crippen molar-refractivity contribution >= 4 is 5.97 Å². The third-order valence-corrected chi connectivity index (χ3v) is 2.86. The number of esters is 1. The molecular formula is C13H16N2O2. The van der Waals surface area contributed by atoms with Gasteiger partial charge in [-0.3, -0.25) is 4.79 Å². The largest absolute Gasteiger partial charge is 0.469 e. The molecule has 0 unspecified atom stereocenters. The van der Waals surface area contributed by atoms with Crippen molar-refractivity contribution in [1.29, 1.82) is 0 Å². The van der Waals surface area contributed by atoms with Crippen molar-refractivity contribution in [1.82, 2.24) is 9.97 Å². The number of methoxy groups -OCH3 is 1. The van der Waals surface area contributed by atoms with Gasteiger partial charge in [-0.2, -0.15) is 0 Å². The van der Waals surface area contributed by atoms with Crippen LogP contribution in [0.5, 0.6) is 0 Å². The Morgan fingerprint density at radius 2 is 1.82 bits per heavy atom. The van der Waals surface area contributed by atoms with E-state index in [1.807, 2.05) is 36.7 Å². The molecule has 0 saturated carbocycles. The summed E-state index contributed by atoms with van der Waals surface area (Å²) < 4.78 is 4.68. The molecule has 0 spiro atoms. The van der Waals surface area contributed by atoms with Crippen molar-refractivity contribution in [2.24, 2.45) is 0 Å². The molecule has 0 aliphatic carbocycles. The van der Waals surface area contributed by atoms with Crippen molar-refractivity contribution in [3.8, 4) is 0 Å². The van der Waals surface area contributed by atoms with Crippen LogP contribution in [0.15, 0.2) is 36.7 Å². The molecule has 2 heterocycles. The highest BCUT2D eigenvalue weighted by atomic mass is 16.5. The molecule has 2 rings (SSSR count). The fraction of sp³-hybridized carbons (Fsp3) is 0.308. The van der Waals surface area contributed by atoms with Crippen LogP contribution in [-0.4, -0.2) is 23.0 Å². The van der Waals surface area contributed by atoms with E-state index >= 15 is 0 Å². The van der Waals surface area contributed by atoms with E-state index in [-0.39, 0.29) is 11.9 Å². The van der Waals surface area contributed by atoms with E-state index in [4.69, 9.17) is 0 Å². The lowest BCUT2D eigenvalue weighted by Gasteiger charge is -2.13.